The van der Waals surface area contributed by atoms with Gasteiger partial charge in [0.2, 0.25) is 5.91 Å². The molecule has 1 fully saturated rings. The maximum atomic E-state index is 12.7. The van der Waals surface area contributed by atoms with Crippen molar-refractivity contribution in [2.45, 2.75) is 19.9 Å². The van der Waals surface area contributed by atoms with Crippen LogP contribution in [0.3, 0.4) is 0 Å². The minimum atomic E-state index is -0.659. The number of carbonyl (C=O) groups is 3. The Bertz CT molecular complexity index is 849. The van der Waals surface area contributed by atoms with Crippen LogP contribution in [0, 0.1) is 6.92 Å². The van der Waals surface area contributed by atoms with Gasteiger partial charge in [-0.15, -0.1) is 0 Å². The van der Waals surface area contributed by atoms with Crippen LogP contribution in [0.4, 0.5) is 16.2 Å². The van der Waals surface area contributed by atoms with Crippen LogP contribution in [0.2, 0.25) is 5.02 Å². The molecule has 3 rings (SSSR count). The van der Waals surface area contributed by atoms with E-state index in [0.29, 0.717) is 16.4 Å². The highest BCUT2D eigenvalue weighted by Crippen LogP contribution is 2.26. The summed E-state index contributed by atoms with van der Waals surface area (Å²) in [6.45, 7) is 3.25. The van der Waals surface area contributed by atoms with Crippen LogP contribution in [-0.2, 0) is 9.59 Å². The number of rotatable bonds is 4. The number of benzene rings is 2. The number of hydrogen-bond acceptors (Lipinski definition) is 3. The molecule has 0 saturated carbocycles. The maximum absolute atomic E-state index is 12.7. The fourth-order valence-electron chi connectivity index (χ4n) is 2.79. The van der Waals surface area contributed by atoms with Crippen molar-refractivity contribution < 1.29 is 14.4 Å². The summed E-state index contributed by atoms with van der Waals surface area (Å²) in [5.74, 6) is -0.853. The Balaban J connectivity index is 1.72. The minimum absolute atomic E-state index is 0.340. The number of carbonyl (C=O) groups excluding carboxylic acids is 3. The number of halogens is 1. The van der Waals surface area contributed by atoms with Gasteiger partial charge in [0, 0.05) is 16.4 Å². The Hall–Kier alpha value is -2.86. The van der Waals surface area contributed by atoms with Crippen LogP contribution in [0.25, 0.3) is 0 Å². The third-order valence-corrected chi connectivity index (χ3v) is 4.44. The van der Waals surface area contributed by atoms with Crippen molar-refractivity contribution >= 4 is 40.8 Å². The van der Waals surface area contributed by atoms with Gasteiger partial charge in [0.15, 0.2) is 0 Å². The number of amides is 4. The molecule has 1 N–H and O–H groups in total. The summed E-state index contributed by atoms with van der Waals surface area (Å²) in [5, 5.41) is 3.20. The van der Waals surface area contributed by atoms with E-state index in [2.05, 4.69) is 5.32 Å². The molecular weight excluding hydrogens is 354 g/mol. The number of nitrogens with zero attached hydrogens (tertiary/aromatic N) is 2. The maximum Gasteiger partial charge on any atom is 0.332 e. The molecule has 2 aromatic rings. The molecule has 7 heteroatoms. The SMILES string of the molecule is Cc1ccc(N2C(=O)N(CC(=O)Nc3ccc(Cl)cc3)C(=O)C2C)cc1. The van der Waals surface area contributed by atoms with Crippen LogP contribution >= 0.6 is 11.6 Å². The van der Waals surface area contributed by atoms with E-state index in [1.165, 1.54) is 4.90 Å². The molecule has 1 aliphatic heterocycles. The van der Waals surface area contributed by atoms with Gasteiger partial charge in [-0.3, -0.25) is 19.4 Å². The second-order valence-corrected chi connectivity index (χ2v) is 6.58. The first kappa shape index (κ1) is 17.9. The lowest BCUT2D eigenvalue weighted by atomic mass is 10.2. The predicted octanol–water partition coefficient (Wildman–Crippen LogP) is 3.44. The summed E-state index contributed by atoms with van der Waals surface area (Å²) in [6.07, 6.45) is 0. The Morgan fingerprint density at radius 3 is 2.31 bits per heavy atom. The molecule has 0 radical (unpaired) electrons. The highest BCUT2D eigenvalue weighted by molar-refractivity contribution is 6.30. The Labute approximate surface area is 156 Å². The summed E-state index contributed by atoms with van der Waals surface area (Å²) in [4.78, 5) is 39.7. The van der Waals surface area contributed by atoms with Gasteiger partial charge in [-0.2, -0.15) is 0 Å². The van der Waals surface area contributed by atoms with Crippen molar-refractivity contribution in [1.82, 2.24) is 4.90 Å². The molecule has 1 saturated heterocycles. The Morgan fingerprint density at radius 1 is 1.08 bits per heavy atom. The van der Waals surface area contributed by atoms with Crippen molar-refractivity contribution in [2.24, 2.45) is 0 Å². The second kappa shape index (κ2) is 7.17. The molecule has 0 spiro atoms. The lowest BCUT2D eigenvalue weighted by molar-refractivity contribution is -0.130. The summed E-state index contributed by atoms with van der Waals surface area (Å²) in [7, 11) is 0. The zero-order valence-electron chi connectivity index (χ0n) is 14.4. The highest BCUT2D eigenvalue weighted by atomic mass is 35.5. The smallest absolute Gasteiger partial charge is 0.325 e. The topological polar surface area (TPSA) is 69.7 Å². The molecule has 6 nitrogen and oxygen atoms in total. The number of hydrogen-bond donors (Lipinski definition) is 1. The van der Waals surface area contributed by atoms with E-state index in [1.807, 2.05) is 19.1 Å². The van der Waals surface area contributed by atoms with Gasteiger partial charge in [-0.1, -0.05) is 29.3 Å². The summed E-state index contributed by atoms with van der Waals surface area (Å²) in [5.41, 5.74) is 2.22. The van der Waals surface area contributed by atoms with Crippen LogP contribution < -0.4 is 10.2 Å². The van der Waals surface area contributed by atoms with E-state index in [1.54, 1.807) is 43.3 Å². The van der Waals surface area contributed by atoms with E-state index in [9.17, 15) is 14.4 Å². The average molecular weight is 372 g/mol. The normalized spacial score (nSPS) is 17.0. The number of anilines is 2. The molecule has 0 aliphatic carbocycles. The van der Waals surface area contributed by atoms with Crippen molar-refractivity contribution in [3.8, 4) is 0 Å². The third-order valence-electron chi connectivity index (χ3n) is 4.19. The molecule has 2 aromatic carbocycles. The van der Waals surface area contributed by atoms with Crippen molar-refractivity contribution in [1.29, 1.82) is 0 Å². The molecular formula is C19H18ClN3O3. The van der Waals surface area contributed by atoms with Crippen LogP contribution in [0.1, 0.15) is 12.5 Å². The predicted molar refractivity (Wildman–Crippen MR) is 100 cm³/mol. The van der Waals surface area contributed by atoms with E-state index in [-0.39, 0.29) is 6.54 Å². The first-order chi connectivity index (χ1) is 12.4. The molecule has 1 aliphatic rings. The Morgan fingerprint density at radius 2 is 1.69 bits per heavy atom. The molecule has 0 aromatic heterocycles. The quantitative estimate of drug-likeness (QED) is 0.837. The van der Waals surface area contributed by atoms with Gasteiger partial charge in [-0.25, -0.2) is 4.79 Å². The summed E-state index contributed by atoms with van der Waals surface area (Å²) < 4.78 is 0. The monoisotopic (exact) mass is 371 g/mol. The number of urea groups is 1. The van der Waals surface area contributed by atoms with E-state index < -0.39 is 23.9 Å². The third kappa shape index (κ3) is 3.55. The van der Waals surface area contributed by atoms with Crippen molar-refractivity contribution in [3.05, 3.63) is 59.1 Å². The summed E-state index contributed by atoms with van der Waals surface area (Å²) in [6, 6.07) is 12.7. The summed E-state index contributed by atoms with van der Waals surface area (Å²) >= 11 is 5.81. The van der Waals surface area contributed by atoms with Crippen molar-refractivity contribution in [2.75, 3.05) is 16.8 Å². The molecule has 1 atom stereocenters. The molecule has 0 bridgehead atoms. The van der Waals surface area contributed by atoms with Gasteiger partial charge in [0.25, 0.3) is 5.91 Å². The van der Waals surface area contributed by atoms with Gasteiger partial charge < -0.3 is 5.32 Å². The number of aryl methyl sites for hydroxylation is 1. The minimum Gasteiger partial charge on any atom is -0.325 e. The standard InChI is InChI=1S/C19H18ClN3O3/c1-12-3-9-16(10-4-12)23-13(2)18(25)22(19(23)26)11-17(24)21-15-7-5-14(20)6-8-15/h3-10,13H,11H2,1-2H3,(H,21,24). The van der Waals surface area contributed by atoms with Crippen LogP contribution in [-0.4, -0.2) is 35.3 Å². The van der Waals surface area contributed by atoms with E-state index >= 15 is 0 Å². The van der Waals surface area contributed by atoms with Gasteiger partial charge in [0.05, 0.1) is 0 Å². The fourth-order valence-corrected chi connectivity index (χ4v) is 2.91. The zero-order chi connectivity index (χ0) is 18.8. The molecule has 4 amide bonds. The largest absolute Gasteiger partial charge is 0.332 e. The molecule has 134 valence electrons. The molecule has 1 unspecified atom stereocenters. The fraction of sp³-hybridized carbons (Fsp3) is 0.211. The Kier molecular flexibility index (Phi) is 4.95. The van der Waals surface area contributed by atoms with E-state index in [4.69, 9.17) is 11.6 Å². The zero-order valence-corrected chi connectivity index (χ0v) is 15.2. The van der Waals surface area contributed by atoms with Crippen molar-refractivity contribution in [3.63, 3.8) is 0 Å². The van der Waals surface area contributed by atoms with Crippen LogP contribution in [0.5, 0.6) is 0 Å². The highest BCUT2D eigenvalue weighted by Gasteiger charge is 2.43. The second-order valence-electron chi connectivity index (χ2n) is 6.14. The van der Waals surface area contributed by atoms with Gasteiger partial charge in [0.1, 0.15) is 12.6 Å². The lowest BCUT2D eigenvalue weighted by Crippen LogP contribution is -2.39. The van der Waals surface area contributed by atoms with E-state index in [0.717, 1.165) is 10.5 Å². The lowest BCUT2D eigenvalue weighted by Gasteiger charge is -2.19. The first-order valence-electron chi connectivity index (χ1n) is 8.13. The first-order valence-corrected chi connectivity index (χ1v) is 8.51. The molecule has 26 heavy (non-hydrogen) atoms. The van der Waals surface area contributed by atoms with Gasteiger partial charge in [-0.05, 0) is 50.2 Å². The molecule has 1 heterocycles. The van der Waals surface area contributed by atoms with Crippen LogP contribution in [0.15, 0.2) is 48.5 Å². The average Bonchev–Trinajstić information content (AvgIpc) is 2.82. The number of nitrogens with one attached hydrogen (secondary N) is 1. The van der Waals surface area contributed by atoms with Gasteiger partial charge >= 0.3 is 6.03 Å². The number of imide groups is 1.